The van der Waals surface area contributed by atoms with Crippen LogP contribution in [-0.2, 0) is 4.79 Å². The summed E-state index contributed by atoms with van der Waals surface area (Å²) >= 11 is 0. The van der Waals surface area contributed by atoms with E-state index in [2.05, 4.69) is 20.8 Å². The van der Waals surface area contributed by atoms with Crippen LogP contribution < -0.4 is 0 Å². The molecule has 0 saturated heterocycles. The van der Waals surface area contributed by atoms with E-state index in [1.165, 1.54) is 0 Å². The molecule has 1 aromatic rings. The van der Waals surface area contributed by atoms with E-state index in [9.17, 15) is 4.79 Å². The second-order valence-corrected chi connectivity index (χ2v) is 6.74. The van der Waals surface area contributed by atoms with Gasteiger partial charge in [-0.3, -0.25) is 14.7 Å². The van der Waals surface area contributed by atoms with Gasteiger partial charge in [-0.15, -0.1) is 0 Å². The first-order valence-corrected chi connectivity index (χ1v) is 7.42. The summed E-state index contributed by atoms with van der Waals surface area (Å²) < 4.78 is 0. The molecule has 0 aliphatic carbocycles. The molecule has 112 valence electrons. The van der Waals surface area contributed by atoms with Crippen LogP contribution in [0.4, 0.5) is 0 Å². The van der Waals surface area contributed by atoms with E-state index < -0.39 is 0 Å². The minimum atomic E-state index is -0.229. The third-order valence-corrected chi connectivity index (χ3v) is 3.39. The third kappa shape index (κ3) is 3.07. The van der Waals surface area contributed by atoms with Gasteiger partial charge in [0.15, 0.2) is 0 Å². The highest BCUT2D eigenvalue weighted by Crippen LogP contribution is 2.32. The maximum atomic E-state index is 12.6. The number of carbonyl (C=O) groups excluding carboxylic acids is 1. The molecule has 0 saturated carbocycles. The maximum absolute atomic E-state index is 12.6. The first-order chi connectivity index (χ1) is 9.72. The van der Waals surface area contributed by atoms with Crippen LogP contribution in [0.15, 0.2) is 40.9 Å². The molecule has 21 heavy (non-hydrogen) atoms. The second kappa shape index (κ2) is 5.47. The molecule has 0 radical (unpaired) electrons. The number of amides is 1. The highest BCUT2D eigenvalue weighted by Gasteiger charge is 2.36. The summed E-state index contributed by atoms with van der Waals surface area (Å²) in [5, 5.41) is 0. The number of nitrogens with zero attached hydrogens (tertiary/aromatic N) is 2. The van der Waals surface area contributed by atoms with Crippen molar-refractivity contribution in [2.75, 3.05) is 0 Å². The number of carbonyl (C=O) groups is 1. The summed E-state index contributed by atoms with van der Waals surface area (Å²) in [5.74, 6) is 0.859. The summed E-state index contributed by atoms with van der Waals surface area (Å²) in [6.45, 7) is 12.1. The summed E-state index contributed by atoms with van der Waals surface area (Å²) in [6, 6.07) is 10.1. The van der Waals surface area contributed by atoms with Gasteiger partial charge in [0.2, 0.25) is 0 Å². The van der Waals surface area contributed by atoms with Crippen molar-refractivity contribution in [1.82, 2.24) is 4.90 Å². The van der Waals surface area contributed by atoms with Crippen molar-refractivity contribution >= 4 is 17.3 Å². The molecule has 1 heterocycles. The van der Waals surface area contributed by atoms with Crippen molar-refractivity contribution in [2.45, 2.75) is 53.1 Å². The summed E-state index contributed by atoms with van der Waals surface area (Å²) in [5.41, 5.74) is 2.56. The van der Waals surface area contributed by atoms with E-state index in [1.54, 1.807) is 0 Å². The smallest absolute Gasteiger partial charge is 0.256 e. The zero-order chi connectivity index (χ0) is 15.8. The lowest BCUT2D eigenvalue weighted by molar-refractivity contribution is -0.123. The van der Waals surface area contributed by atoms with Gasteiger partial charge in [-0.05, 0) is 47.1 Å². The van der Waals surface area contributed by atoms with Crippen LogP contribution in [0.3, 0.4) is 0 Å². The number of hydrogen-bond acceptors (Lipinski definition) is 2. The number of hydrogen-bond donors (Lipinski definition) is 0. The number of amidine groups is 1. The first-order valence-electron chi connectivity index (χ1n) is 7.42. The molecule has 0 unspecified atom stereocenters. The molecular formula is C18H24N2O. The molecular weight excluding hydrogens is 260 g/mol. The van der Waals surface area contributed by atoms with Crippen LogP contribution >= 0.6 is 0 Å². The van der Waals surface area contributed by atoms with Crippen molar-refractivity contribution in [3.05, 3.63) is 41.5 Å². The van der Waals surface area contributed by atoms with E-state index in [4.69, 9.17) is 4.99 Å². The van der Waals surface area contributed by atoms with Gasteiger partial charge in [-0.1, -0.05) is 30.3 Å². The minimum absolute atomic E-state index is 0.0619. The van der Waals surface area contributed by atoms with Crippen LogP contribution in [0.1, 0.15) is 47.1 Å². The number of aliphatic imine (C=N–C) groups is 1. The van der Waals surface area contributed by atoms with Gasteiger partial charge >= 0.3 is 0 Å². The van der Waals surface area contributed by atoms with Gasteiger partial charge < -0.3 is 0 Å². The SMILES string of the molecule is CC1=C(c2ccccc2)C(=NC(C)(C)C)N(C(C)C)C1=O. The fourth-order valence-electron chi connectivity index (χ4n) is 2.53. The van der Waals surface area contributed by atoms with Gasteiger partial charge in [-0.2, -0.15) is 0 Å². The molecule has 0 spiro atoms. The fraction of sp³-hybridized carbons (Fsp3) is 0.444. The summed E-state index contributed by atoms with van der Waals surface area (Å²) in [6.07, 6.45) is 0. The number of benzene rings is 1. The Morgan fingerprint density at radius 1 is 1.10 bits per heavy atom. The predicted molar refractivity (Wildman–Crippen MR) is 88.2 cm³/mol. The van der Waals surface area contributed by atoms with Crippen LogP contribution in [0.2, 0.25) is 0 Å². The molecule has 1 aliphatic heterocycles. The van der Waals surface area contributed by atoms with Gasteiger partial charge in [-0.25, -0.2) is 0 Å². The van der Waals surface area contributed by atoms with Gasteiger partial charge in [0, 0.05) is 17.2 Å². The summed E-state index contributed by atoms with van der Waals surface area (Å²) in [7, 11) is 0. The molecule has 3 nitrogen and oxygen atoms in total. The summed E-state index contributed by atoms with van der Waals surface area (Å²) in [4.78, 5) is 19.3. The molecule has 3 heteroatoms. The molecule has 1 amide bonds. The third-order valence-electron chi connectivity index (χ3n) is 3.39. The van der Waals surface area contributed by atoms with E-state index in [-0.39, 0.29) is 17.5 Å². The van der Waals surface area contributed by atoms with Crippen molar-refractivity contribution in [1.29, 1.82) is 0 Å². The molecule has 1 aromatic carbocycles. The zero-order valence-corrected chi connectivity index (χ0v) is 13.8. The Balaban J connectivity index is 2.64. The molecule has 0 atom stereocenters. The van der Waals surface area contributed by atoms with E-state index >= 15 is 0 Å². The van der Waals surface area contributed by atoms with Crippen molar-refractivity contribution in [2.24, 2.45) is 4.99 Å². The Morgan fingerprint density at radius 2 is 1.67 bits per heavy atom. The van der Waals surface area contributed by atoms with Crippen molar-refractivity contribution in [3.8, 4) is 0 Å². The molecule has 0 bridgehead atoms. The Morgan fingerprint density at radius 3 is 2.14 bits per heavy atom. The lowest BCUT2D eigenvalue weighted by Gasteiger charge is -2.26. The molecule has 2 rings (SSSR count). The van der Waals surface area contributed by atoms with Crippen molar-refractivity contribution in [3.63, 3.8) is 0 Å². The highest BCUT2D eigenvalue weighted by molar-refractivity contribution is 6.37. The lowest BCUT2D eigenvalue weighted by atomic mass is 10.0. The van der Waals surface area contributed by atoms with Gasteiger partial charge in [0.1, 0.15) is 5.84 Å². The Kier molecular flexibility index (Phi) is 4.04. The average molecular weight is 284 g/mol. The standard InChI is InChI=1S/C18H24N2O/c1-12(2)20-16(19-18(4,5)6)15(13(3)17(20)21)14-10-8-7-9-11-14/h7-12H,1-6H3. The van der Waals surface area contributed by atoms with E-state index in [0.29, 0.717) is 0 Å². The van der Waals surface area contributed by atoms with Crippen molar-refractivity contribution < 1.29 is 4.79 Å². The zero-order valence-electron chi connectivity index (χ0n) is 13.8. The normalized spacial score (nSPS) is 18.3. The van der Waals surface area contributed by atoms with Crippen LogP contribution in [0.25, 0.3) is 5.57 Å². The average Bonchev–Trinajstić information content (AvgIpc) is 2.60. The largest absolute Gasteiger partial charge is 0.290 e. The quantitative estimate of drug-likeness (QED) is 0.810. The predicted octanol–water partition coefficient (Wildman–Crippen LogP) is 3.91. The molecule has 0 aromatic heterocycles. The fourth-order valence-corrected chi connectivity index (χ4v) is 2.53. The molecule has 1 aliphatic rings. The molecule has 0 N–H and O–H groups in total. The lowest BCUT2D eigenvalue weighted by Crippen LogP contribution is -2.39. The monoisotopic (exact) mass is 284 g/mol. The van der Waals surface area contributed by atoms with Gasteiger partial charge in [0.05, 0.1) is 5.54 Å². The topological polar surface area (TPSA) is 32.7 Å². The van der Waals surface area contributed by atoms with Crippen LogP contribution in [0, 0.1) is 0 Å². The Hall–Kier alpha value is -1.90. The van der Waals surface area contributed by atoms with Crippen LogP contribution in [0.5, 0.6) is 0 Å². The maximum Gasteiger partial charge on any atom is 0.256 e. The van der Waals surface area contributed by atoms with Crippen LogP contribution in [-0.4, -0.2) is 28.2 Å². The molecule has 0 fully saturated rings. The second-order valence-electron chi connectivity index (χ2n) is 6.74. The number of rotatable bonds is 2. The minimum Gasteiger partial charge on any atom is -0.290 e. The van der Waals surface area contributed by atoms with E-state index in [1.807, 2.05) is 56.0 Å². The highest BCUT2D eigenvalue weighted by atomic mass is 16.2. The van der Waals surface area contributed by atoms with E-state index in [0.717, 1.165) is 22.5 Å². The Bertz CT molecular complexity index is 604. The first kappa shape index (κ1) is 15.5. The van der Waals surface area contributed by atoms with Gasteiger partial charge in [0.25, 0.3) is 5.91 Å². The Labute approximate surface area is 127 Å².